The minimum atomic E-state index is -0.517. The van der Waals surface area contributed by atoms with Gasteiger partial charge >= 0.3 is 0 Å². The standard InChI is InChI=1S/C11H14N2O2/c1-8-10(6-12-13(8)2)11(14)5-9-3-4-15-7-9/h3-4,6-7,11,14H,5H2,1-2H3. The van der Waals surface area contributed by atoms with E-state index >= 15 is 0 Å². The molecule has 0 saturated carbocycles. The molecule has 2 aromatic rings. The van der Waals surface area contributed by atoms with Crippen LogP contribution in [-0.2, 0) is 13.5 Å². The molecular formula is C11H14N2O2. The zero-order chi connectivity index (χ0) is 10.8. The molecule has 0 spiro atoms. The molecule has 0 aliphatic heterocycles. The van der Waals surface area contributed by atoms with Crippen LogP contribution in [0.3, 0.4) is 0 Å². The van der Waals surface area contributed by atoms with E-state index in [9.17, 15) is 5.11 Å². The largest absolute Gasteiger partial charge is 0.472 e. The highest BCUT2D eigenvalue weighted by atomic mass is 16.3. The fraction of sp³-hybridized carbons (Fsp3) is 0.364. The van der Waals surface area contributed by atoms with Gasteiger partial charge in [0.05, 0.1) is 24.8 Å². The maximum atomic E-state index is 9.99. The van der Waals surface area contributed by atoms with Crippen molar-refractivity contribution in [1.82, 2.24) is 9.78 Å². The van der Waals surface area contributed by atoms with E-state index in [2.05, 4.69) is 5.10 Å². The third-order valence-electron chi connectivity index (χ3n) is 2.64. The van der Waals surface area contributed by atoms with Gasteiger partial charge in [-0.05, 0) is 18.6 Å². The molecule has 0 amide bonds. The van der Waals surface area contributed by atoms with Crippen LogP contribution in [0.2, 0.25) is 0 Å². The van der Waals surface area contributed by atoms with E-state index in [4.69, 9.17) is 4.42 Å². The number of hydrogen-bond donors (Lipinski definition) is 1. The van der Waals surface area contributed by atoms with Gasteiger partial charge in [-0.15, -0.1) is 0 Å². The van der Waals surface area contributed by atoms with Gasteiger partial charge in [-0.3, -0.25) is 4.68 Å². The van der Waals surface area contributed by atoms with E-state index in [1.807, 2.05) is 20.0 Å². The summed E-state index contributed by atoms with van der Waals surface area (Å²) in [6.45, 7) is 1.95. The van der Waals surface area contributed by atoms with Gasteiger partial charge in [-0.25, -0.2) is 0 Å². The van der Waals surface area contributed by atoms with Crippen molar-refractivity contribution in [3.8, 4) is 0 Å². The molecule has 1 atom stereocenters. The fourth-order valence-electron chi connectivity index (χ4n) is 1.58. The highest BCUT2D eigenvalue weighted by molar-refractivity contribution is 5.21. The van der Waals surface area contributed by atoms with E-state index in [0.29, 0.717) is 6.42 Å². The minimum absolute atomic E-state index is 0.517. The number of rotatable bonds is 3. The Hall–Kier alpha value is -1.55. The molecule has 2 rings (SSSR count). The number of aryl methyl sites for hydroxylation is 1. The molecule has 15 heavy (non-hydrogen) atoms. The summed E-state index contributed by atoms with van der Waals surface area (Å²) >= 11 is 0. The number of hydrogen-bond acceptors (Lipinski definition) is 3. The molecule has 1 unspecified atom stereocenters. The molecule has 4 heteroatoms. The number of furan rings is 1. The lowest BCUT2D eigenvalue weighted by Crippen LogP contribution is -2.03. The summed E-state index contributed by atoms with van der Waals surface area (Å²) in [5.74, 6) is 0. The third kappa shape index (κ3) is 1.94. The highest BCUT2D eigenvalue weighted by Crippen LogP contribution is 2.20. The zero-order valence-electron chi connectivity index (χ0n) is 8.84. The Morgan fingerprint density at radius 3 is 2.93 bits per heavy atom. The molecule has 80 valence electrons. The smallest absolute Gasteiger partial charge is 0.0935 e. The van der Waals surface area contributed by atoms with Crippen molar-refractivity contribution in [2.45, 2.75) is 19.4 Å². The second-order valence-electron chi connectivity index (χ2n) is 3.66. The summed E-state index contributed by atoms with van der Waals surface area (Å²) in [7, 11) is 1.86. The van der Waals surface area contributed by atoms with Gasteiger partial charge in [-0.2, -0.15) is 5.10 Å². The van der Waals surface area contributed by atoms with E-state index < -0.39 is 6.10 Å². The lowest BCUT2D eigenvalue weighted by molar-refractivity contribution is 0.177. The van der Waals surface area contributed by atoms with E-state index in [1.54, 1.807) is 23.4 Å². The second-order valence-corrected chi connectivity index (χ2v) is 3.66. The van der Waals surface area contributed by atoms with Crippen LogP contribution in [0.4, 0.5) is 0 Å². The molecule has 1 N–H and O–H groups in total. The van der Waals surface area contributed by atoms with Crippen molar-refractivity contribution in [3.63, 3.8) is 0 Å². The van der Waals surface area contributed by atoms with E-state index in [-0.39, 0.29) is 0 Å². The molecule has 0 radical (unpaired) electrons. The molecule has 4 nitrogen and oxygen atoms in total. The van der Waals surface area contributed by atoms with Crippen LogP contribution < -0.4 is 0 Å². The third-order valence-corrected chi connectivity index (χ3v) is 2.64. The Balaban J connectivity index is 2.14. The second kappa shape index (κ2) is 3.90. The maximum absolute atomic E-state index is 9.99. The Kier molecular flexibility index (Phi) is 2.60. The molecule has 0 aliphatic carbocycles. The molecule has 2 heterocycles. The van der Waals surface area contributed by atoms with Crippen molar-refractivity contribution in [2.75, 3.05) is 0 Å². The summed E-state index contributed by atoms with van der Waals surface area (Å²) in [4.78, 5) is 0. The van der Waals surface area contributed by atoms with Crippen molar-refractivity contribution in [1.29, 1.82) is 0 Å². The molecule has 0 bridgehead atoms. The van der Waals surface area contributed by atoms with Gasteiger partial charge in [-0.1, -0.05) is 0 Å². The number of nitrogens with zero attached hydrogens (tertiary/aromatic N) is 2. The average Bonchev–Trinajstić information content (AvgIpc) is 2.79. The average molecular weight is 206 g/mol. The van der Waals surface area contributed by atoms with Crippen LogP contribution >= 0.6 is 0 Å². The van der Waals surface area contributed by atoms with Gasteiger partial charge in [0.25, 0.3) is 0 Å². The van der Waals surface area contributed by atoms with Crippen molar-refractivity contribution < 1.29 is 9.52 Å². The van der Waals surface area contributed by atoms with Crippen LogP contribution in [0.15, 0.2) is 29.2 Å². The molecule has 0 fully saturated rings. The first kappa shape index (κ1) is 9.98. The summed E-state index contributed by atoms with van der Waals surface area (Å²) in [5, 5.41) is 14.1. The summed E-state index contributed by atoms with van der Waals surface area (Å²) in [6, 6.07) is 1.86. The minimum Gasteiger partial charge on any atom is -0.472 e. The van der Waals surface area contributed by atoms with Gasteiger partial charge in [0.1, 0.15) is 0 Å². The first-order chi connectivity index (χ1) is 7.18. The summed E-state index contributed by atoms with van der Waals surface area (Å²) in [5.41, 5.74) is 2.86. The lowest BCUT2D eigenvalue weighted by atomic mass is 10.0. The molecular weight excluding hydrogens is 192 g/mol. The predicted molar refractivity (Wildman–Crippen MR) is 55.3 cm³/mol. The Morgan fingerprint density at radius 2 is 2.40 bits per heavy atom. The van der Waals surface area contributed by atoms with E-state index in [0.717, 1.165) is 16.8 Å². The van der Waals surface area contributed by atoms with Crippen LogP contribution in [0.25, 0.3) is 0 Å². The first-order valence-electron chi connectivity index (χ1n) is 4.86. The molecule has 0 saturated heterocycles. The van der Waals surface area contributed by atoms with Gasteiger partial charge in [0.2, 0.25) is 0 Å². The zero-order valence-corrected chi connectivity index (χ0v) is 8.84. The van der Waals surface area contributed by atoms with Crippen LogP contribution in [0, 0.1) is 6.92 Å². The van der Waals surface area contributed by atoms with Crippen molar-refractivity contribution in [3.05, 3.63) is 41.6 Å². The number of aliphatic hydroxyl groups is 1. The summed E-state index contributed by atoms with van der Waals surface area (Å²) in [6.07, 6.45) is 5.01. The topological polar surface area (TPSA) is 51.2 Å². The molecule has 0 aliphatic rings. The van der Waals surface area contributed by atoms with Gasteiger partial charge in [0, 0.05) is 24.7 Å². The van der Waals surface area contributed by atoms with Crippen LogP contribution in [0.1, 0.15) is 22.9 Å². The monoisotopic (exact) mass is 206 g/mol. The normalized spacial score (nSPS) is 13.0. The maximum Gasteiger partial charge on any atom is 0.0935 e. The van der Waals surface area contributed by atoms with Crippen LogP contribution in [-0.4, -0.2) is 14.9 Å². The quantitative estimate of drug-likeness (QED) is 0.829. The van der Waals surface area contributed by atoms with E-state index in [1.165, 1.54) is 0 Å². The Morgan fingerprint density at radius 1 is 1.60 bits per heavy atom. The Bertz CT molecular complexity index is 431. The van der Waals surface area contributed by atoms with Crippen molar-refractivity contribution in [2.24, 2.45) is 7.05 Å². The fourth-order valence-corrected chi connectivity index (χ4v) is 1.58. The van der Waals surface area contributed by atoms with Crippen LogP contribution in [0.5, 0.6) is 0 Å². The van der Waals surface area contributed by atoms with Gasteiger partial charge < -0.3 is 9.52 Å². The Labute approximate surface area is 88.1 Å². The predicted octanol–water partition coefficient (Wildman–Crippen LogP) is 1.60. The molecule has 0 aromatic carbocycles. The number of aromatic nitrogens is 2. The first-order valence-corrected chi connectivity index (χ1v) is 4.86. The SMILES string of the molecule is Cc1c(C(O)Cc2ccoc2)cnn1C. The van der Waals surface area contributed by atoms with Gasteiger partial charge in [0.15, 0.2) is 0 Å². The van der Waals surface area contributed by atoms with Crippen molar-refractivity contribution >= 4 is 0 Å². The lowest BCUT2D eigenvalue weighted by Gasteiger charge is -2.08. The molecule has 2 aromatic heterocycles. The highest BCUT2D eigenvalue weighted by Gasteiger charge is 2.14. The number of aliphatic hydroxyl groups excluding tert-OH is 1. The summed E-state index contributed by atoms with van der Waals surface area (Å²) < 4.78 is 6.71.